The number of anilines is 2. The molecule has 0 radical (unpaired) electrons. The molecule has 1 aliphatic rings. The molecule has 1 fully saturated rings. The molecule has 5 nitrogen and oxygen atoms in total. The zero-order chi connectivity index (χ0) is 30.1. The summed E-state index contributed by atoms with van der Waals surface area (Å²) in [5, 5.41) is 0.839. The second-order valence-corrected chi connectivity index (χ2v) is 10.9. The Morgan fingerprint density at radius 1 is 0.881 bits per heavy atom. The summed E-state index contributed by atoms with van der Waals surface area (Å²) < 4.78 is 86.5. The van der Waals surface area contributed by atoms with Gasteiger partial charge in [0, 0.05) is 30.6 Å². The van der Waals surface area contributed by atoms with E-state index >= 15 is 0 Å². The molecule has 2 aromatic heterocycles. The fourth-order valence-corrected chi connectivity index (χ4v) is 5.68. The van der Waals surface area contributed by atoms with Gasteiger partial charge in [-0.2, -0.15) is 31.3 Å². The molecule has 5 rings (SSSR count). The van der Waals surface area contributed by atoms with Gasteiger partial charge in [-0.3, -0.25) is 0 Å². The van der Waals surface area contributed by atoms with Gasteiger partial charge in [0.15, 0.2) is 5.69 Å². The molecule has 1 saturated carbocycles. The molecule has 0 spiro atoms. The van der Waals surface area contributed by atoms with Crippen LogP contribution in [0.4, 0.5) is 38.2 Å². The molecule has 0 amide bonds. The number of nitrogens with zero attached hydrogens (tertiary/aromatic N) is 4. The first kappa shape index (κ1) is 29.7. The first-order valence-corrected chi connectivity index (χ1v) is 14.0. The third-order valence-corrected chi connectivity index (χ3v) is 7.67. The molecular formula is C31H32F6N4O. The van der Waals surface area contributed by atoms with Crippen molar-refractivity contribution in [1.29, 1.82) is 0 Å². The van der Waals surface area contributed by atoms with Crippen molar-refractivity contribution in [2.45, 2.75) is 65.0 Å². The fraction of sp³-hybridized carbons (Fsp3) is 0.419. The van der Waals surface area contributed by atoms with Crippen molar-refractivity contribution in [1.82, 2.24) is 9.97 Å². The smallest absolute Gasteiger partial charge is 0.431 e. The molecule has 2 heterocycles. The van der Waals surface area contributed by atoms with E-state index in [0.29, 0.717) is 35.7 Å². The third kappa shape index (κ3) is 6.82. The van der Waals surface area contributed by atoms with Gasteiger partial charge in [-0.05, 0) is 62.4 Å². The number of hydrogen-bond donors (Lipinski definition) is 0. The average Bonchev–Trinajstić information content (AvgIpc) is 3.63. The van der Waals surface area contributed by atoms with E-state index in [9.17, 15) is 26.3 Å². The van der Waals surface area contributed by atoms with Crippen molar-refractivity contribution < 1.29 is 30.8 Å². The average molecular weight is 591 g/mol. The molecule has 0 bridgehead atoms. The molecule has 0 aliphatic heterocycles. The van der Waals surface area contributed by atoms with E-state index in [1.165, 1.54) is 17.7 Å². The molecule has 224 valence electrons. The molecule has 11 heteroatoms. The molecule has 1 aliphatic carbocycles. The summed E-state index contributed by atoms with van der Waals surface area (Å²) in [6.45, 7) is 4.88. The van der Waals surface area contributed by atoms with E-state index < -0.39 is 23.6 Å². The number of rotatable bonds is 9. The Morgan fingerprint density at radius 2 is 1.62 bits per heavy atom. The lowest BCUT2D eigenvalue weighted by Crippen LogP contribution is -2.31. The van der Waals surface area contributed by atoms with Gasteiger partial charge < -0.3 is 14.2 Å². The number of hydrogen-bond acceptors (Lipinski definition) is 5. The van der Waals surface area contributed by atoms with Crippen molar-refractivity contribution in [3.05, 3.63) is 82.7 Å². The van der Waals surface area contributed by atoms with E-state index in [-0.39, 0.29) is 24.7 Å². The van der Waals surface area contributed by atoms with E-state index in [0.717, 1.165) is 42.4 Å². The monoisotopic (exact) mass is 590 g/mol. The fourth-order valence-electron chi connectivity index (χ4n) is 5.68. The highest BCUT2D eigenvalue weighted by Crippen LogP contribution is 2.35. The Kier molecular flexibility index (Phi) is 8.39. The quantitative estimate of drug-likeness (QED) is 0.182. The van der Waals surface area contributed by atoms with Gasteiger partial charge in [0.25, 0.3) is 6.01 Å². The minimum Gasteiger partial charge on any atom is -0.431 e. The minimum atomic E-state index is -4.74. The zero-order valence-electron chi connectivity index (χ0n) is 23.4. The van der Waals surface area contributed by atoms with Gasteiger partial charge in [-0.15, -0.1) is 0 Å². The zero-order valence-corrected chi connectivity index (χ0v) is 23.4. The van der Waals surface area contributed by atoms with E-state index in [2.05, 4.69) is 9.88 Å². The third-order valence-electron chi connectivity index (χ3n) is 7.67. The van der Waals surface area contributed by atoms with Crippen LogP contribution in [0.1, 0.15) is 60.6 Å². The second-order valence-electron chi connectivity index (χ2n) is 10.9. The van der Waals surface area contributed by atoms with Crippen molar-refractivity contribution >= 4 is 22.7 Å². The number of pyridine rings is 1. The first-order valence-electron chi connectivity index (χ1n) is 14.0. The van der Waals surface area contributed by atoms with E-state index in [1.807, 2.05) is 37.3 Å². The maximum Gasteiger partial charge on any atom is 0.436 e. The number of fused-ring (bicyclic) bond motifs is 1. The Labute approximate surface area is 240 Å². The van der Waals surface area contributed by atoms with Crippen LogP contribution in [-0.2, 0) is 25.4 Å². The highest BCUT2D eigenvalue weighted by Gasteiger charge is 2.36. The predicted octanol–water partition coefficient (Wildman–Crippen LogP) is 8.79. The Hall–Kier alpha value is -3.76. The van der Waals surface area contributed by atoms with Crippen LogP contribution in [0.3, 0.4) is 0 Å². The van der Waals surface area contributed by atoms with Gasteiger partial charge >= 0.3 is 12.4 Å². The van der Waals surface area contributed by atoms with Gasteiger partial charge in [0.2, 0.25) is 0 Å². The van der Waals surface area contributed by atoms with Crippen LogP contribution < -0.4 is 9.80 Å². The summed E-state index contributed by atoms with van der Waals surface area (Å²) in [5.41, 5.74) is 0.0897. The number of benzene rings is 2. The topological polar surface area (TPSA) is 45.4 Å². The van der Waals surface area contributed by atoms with Gasteiger partial charge in [-0.1, -0.05) is 42.7 Å². The number of aryl methyl sites for hydroxylation is 1. The summed E-state index contributed by atoms with van der Waals surface area (Å²) in [7, 11) is 0. The Bertz CT molecular complexity index is 1520. The van der Waals surface area contributed by atoms with Crippen LogP contribution in [-0.4, -0.2) is 23.1 Å². The maximum atomic E-state index is 13.6. The summed E-state index contributed by atoms with van der Waals surface area (Å²) >= 11 is 0. The lowest BCUT2D eigenvalue weighted by atomic mass is 10.0. The summed E-state index contributed by atoms with van der Waals surface area (Å²) in [4.78, 5) is 12.3. The minimum absolute atomic E-state index is 0.0153. The summed E-state index contributed by atoms with van der Waals surface area (Å²) in [6, 6.07) is 12.8. The second kappa shape index (κ2) is 11.9. The molecular weight excluding hydrogens is 558 g/mol. The van der Waals surface area contributed by atoms with Gasteiger partial charge in [-0.25, -0.2) is 4.98 Å². The number of para-hydroxylation sites is 1. The predicted molar refractivity (Wildman–Crippen MR) is 149 cm³/mol. The van der Waals surface area contributed by atoms with Crippen molar-refractivity contribution in [3.8, 4) is 0 Å². The molecule has 0 atom stereocenters. The van der Waals surface area contributed by atoms with E-state index in [4.69, 9.17) is 9.40 Å². The van der Waals surface area contributed by atoms with Crippen LogP contribution >= 0.6 is 0 Å². The molecule has 4 aromatic rings. The Morgan fingerprint density at radius 3 is 2.29 bits per heavy atom. The normalized spacial score (nSPS) is 14.6. The maximum absolute atomic E-state index is 13.6. The number of alkyl halides is 6. The van der Waals surface area contributed by atoms with Crippen molar-refractivity contribution in [2.24, 2.45) is 5.92 Å². The number of halogens is 6. The Balaban J connectivity index is 1.58. The van der Waals surface area contributed by atoms with E-state index in [1.54, 1.807) is 13.0 Å². The van der Waals surface area contributed by atoms with Crippen LogP contribution in [0, 0.1) is 12.8 Å². The highest BCUT2D eigenvalue weighted by atomic mass is 19.4. The van der Waals surface area contributed by atoms with Gasteiger partial charge in [0.1, 0.15) is 12.1 Å². The highest BCUT2D eigenvalue weighted by molar-refractivity contribution is 5.82. The first-order chi connectivity index (χ1) is 19.9. The summed E-state index contributed by atoms with van der Waals surface area (Å²) in [6.07, 6.45) is -4.19. The lowest BCUT2D eigenvalue weighted by molar-refractivity contribution is -0.141. The molecule has 0 saturated heterocycles. The van der Waals surface area contributed by atoms with Crippen LogP contribution in [0.25, 0.3) is 10.9 Å². The standard InChI is InChI=1S/C31H32F6N4O/c1-3-40(16-21-8-4-5-9-21)28-24(15-23-10-6-7-11-26(23)38-28)18-41(29-39-27(19-42-29)31(35,36)37)17-22-12-20(2)13-25(14-22)30(32,33)34/h6-7,10-15,19,21H,3-5,8-9,16-18H2,1-2H3. The van der Waals surface area contributed by atoms with Crippen molar-refractivity contribution in [2.75, 3.05) is 22.9 Å². The SMILES string of the molecule is CCN(CC1CCCC1)c1nc2ccccc2cc1CN(Cc1cc(C)cc(C(F)(F)F)c1)c1nc(C(F)(F)F)co1. The molecule has 0 unspecified atom stereocenters. The summed E-state index contributed by atoms with van der Waals surface area (Å²) in [5.74, 6) is 1.20. The molecule has 0 N–H and O–H groups in total. The van der Waals surface area contributed by atoms with Gasteiger partial charge in [0.05, 0.1) is 17.6 Å². The van der Waals surface area contributed by atoms with Crippen LogP contribution in [0.15, 0.2) is 59.2 Å². The number of aromatic nitrogens is 2. The van der Waals surface area contributed by atoms with Crippen LogP contribution in [0.2, 0.25) is 0 Å². The lowest BCUT2D eigenvalue weighted by Gasteiger charge is -2.30. The largest absolute Gasteiger partial charge is 0.436 e. The molecule has 2 aromatic carbocycles. The van der Waals surface area contributed by atoms with Crippen molar-refractivity contribution in [3.63, 3.8) is 0 Å². The number of oxazole rings is 1. The van der Waals surface area contributed by atoms with Crippen LogP contribution in [0.5, 0.6) is 0 Å². The molecule has 42 heavy (non-hydrogen) atoms.